The van der Waals surface area contributed by atoms with Crippen LogP contribution in [0, 0.1) is 5.92 Å². The minimum absolute atomic E-state index is 0.252. The monoisotopic (exact) mass is 206 g/mol. The van der Waals surface area contributed by atoms with Crippen molar-refractivity contribution >= 4 is 15.8 Å². The first-order chi connectivity index (χ1) is 5.85. The fraction of sp³-hybridized carbons (Fsp3) is 0.875. The first-order valence-electron chi connectivity index (χ1n) is 4.31. The predicted octanol–water partition coefficient (Wildman–Crippen LogP) is 0.673. The summed E-state index contributed by atoms with van der Waals surface area (Å²) in [4.78, 5) is 10.7. The first-order valence-corrected chi connectivity index (χ1v) is 5.92. The van der Waals surface area contributed by atoms with E-state index >= 15 is 0 Å². The van der Waals surface area contributed by atoms with Crippen molar-refractivity contribution in [3.8, 4) is 0 Å². The Morgan fingerprint density at radius 2 is 1.62 bits per heavy atom. The van der Waals surface area contributed by atoms with E-state index in [9.17, 15) is 13.2 Å². The van der Waals surface area contributed by atoms with E-state index < -0.39 is 32.2 Å². The molecule has 0 amide bonds. The first kappa shape index (κ1) is 10.5. The second-order valence-corrected chi connectivity index (χ2v) is 6.50. The van der Waals surface area contributed by atoms with Crippen molar-refractivity contribution in [2.24, 2.45) is 5.92 Å². The Labute approximate surface area is 77.9 Å². The lowest BCUT2D eigenvalue weighted by Crippen LogP contribution is -2.39. The Morgan fingerprint density at radius 3 is 1.92 bits per heavy atom. The summed E-state index contributed by atoms with van der Waals surface area (Å²) in [5.41, 5.74) is 0. The molecule has 0 aromatic heterocycles. The van der Waals surface area contributed by atoms with Crippen LogP contribution in [0.15, 0.2) is 0 Å². The van der Waals surface area contributed by atoms with Gasteiger partial charge in [-0.25, -0.2) is 8.42 Å². The van der Waals surface area contributed by atoms with Gasteiger partial charge in [-0.05, 0) is 26.7 Å². The minimum Gasteiger partial charge on any atom is -0.481 e. The van der Waals surface area contributed by atoms with Gasteiger partial charge in [0.05, 0.1) is 16.4 Å². The van der Waals surface area contributed by atoms with Crippen LogP contribution in [0.4, 0.5) is 0 Å². The molecule has 1 aliphatic heterocycles. The highest BCUT2D eigenvalue weighted by Crippen LogP contribution is 2.29. The fourth-order valence-electron chi connectivity index (χ4n) is 1.76. The van der Waals surface area contributed by atoms with E-state index in [0.717, 1.165) is 0 Å². The van der Waals surface area contributed by atoms with Crippen molar-refractivity contribution in [3.05, 3.63) is 0 Å². The van der Waals surface area contributed by atoms with Gasteiger partial charge in [0.1, 0.15) is 0 Å². The molecule has 0 aromatic rings. The van der Waals surface area contributed by atoms with Crippen LogP contribution in [0.1, 0.15) is 26.7 Å². The molecule has 1 unspecified atom stereocenters. The Bertz CT molecular complexity index is 288. The molecule has 0 bridgehead atoms. The highest BCUT2D eigenvalue weighted by Gasteiger charge is 2.39. The number of aliphatic carboxylic acids is 1. The van der Waals surface area contributed by atoms with E-state index in [0.29, 0.717) is 0 Å². The number of hydrogen-bond acceptors (Lipinski definition) is 3. The SMILES string of the molecule is C[C@@H]1CC(C(=O)O)C[C@H](C)S1(=O)=O. The minimum atomic E-state index is -3.07. The molecular formula is C8H14O4S. The van der Waals surface area contributed by atoms with Gasteiger partial charge >= 0.3 is 5.97 Å². The van der Waals surface area contributed by atoms with Crippen molar-refractivity contribution in [3.63, 3.8) is 0 Å². The molecular weight excluding hydrogens is 192 g/mol. The molecule has 0 radical (unpaired) electrons. The zero-order valence-electron chi connectivity index (χ0n) is 7.73. The van der Waals surface area contributed by atoms with E-state index in [4.69, 9.17) is 5.11 Å². The molecule has 1 fully saturated rings. The molecule has 4 nitrogen and oxygen atoms in total. The van der Waals surface area contributed by atoms with E-state index in [1.807, 2.05) is 0 Å². The highest BCUT2D eigenvalue weighted by atomic mass is 32.2. The lowest BCUT2D eigenvalue weighted by molar-refractivity contribution is -0.142. The number of carbonyl (C=O) groups is 1. The van der Waals surface area contributed by atoms with Gasteiger partial charge in [0.15, 0.2) is 9.84 Å². The van der Waals surface area contributed by atoms with Gasteiger partial charge in [-0.1, -0.05) is 0 Å². The average Bonchev–Trinajstić information content (AvgIpc) is 2.00. The standard InChI is InChI=1S/C8H14O4S/c1-5-3-7(8(9)10)4-6(2)13(5,11)12/h5-7H,3-4H2,1-2H3,(H,9,10)/t5-,6+,7?. The molecule has 0 saturated carbocycles. The predicted molar refractivity (Wildman–Crippen MR) is 48.2 cm³/mol. The van der Waals surface area contributed by atoms with Crippen molar-refractivity contribution in [1.82, 2.24) is 0 Å². The third-order valence-corrected chi connectivity index (χ3v) is 5.33. The van der Waals surface area contributed by atoms with Gasteiger partial charge < -0.3 is 5.11 Å². The molecule has 1 aliphatic rings. The summed E-state index contributed by atoms with van der Waals surface area (Å²) in [6.07, 6.45) is 0.504. The largest absolute Gasteiger partial charge is 0.481 e. The zero-order valence-corrected chi connectivity index (χ0v) is 8.54. The summed E-state index contributed by atoms with van der Waals surface area (Å²) in [5.74, 6) is -1.37. The summed E-state index contributed by atoms with van der Waals surface area (Å²) in [6, 6.07) is 0. The zero-order chi connectivity index (χ0) is 10.2. The van der Waals surface area contributed by atoms with E-state index in [-0.39, 0.29) is 12.8 Å². The van der Waals surface area contributed by atoms with Gasteiger partial charge in [0, 0.05) is 0 Å². The highest BCUT2D eigenvalue weighted by molar-refractivity contribution is 7.92. The Balaban J connectivity index is 2.85. The summed E-state index contributed by atoms with van der Waals surface area (Å²) in [7, 11) is -3.07. The van der Waals surface area contributed by atoms with Crippen LogP contribution in [0.5, 0.6) is 0 Å². The maximum absolute atomic E-state index is 11.5. The molecule has 13 heavy (non-hydrogen) atoms. The summed E-state index contributed by atoms with van der Waals surface area (Å²) in [5, 5.41) is 7.72. The molecule has 0 aromatic carbocycles. The number of carboxylic acids is 1. The number of hydrogen-bond donors (Lipinski definition) is 1. The Morgan fingerprint density at radius 1 is 1.23 bits per heavy atom. The molecule has 1 rings (SSSR count). The fourth-order valence-corrected chi connectivity index (χ4v) is 3.56. The van der Waals surface area contributed by atoms with Crippen LogP contribution in [0.2, 0.25) is 0 Å². The molecule has 0 aliphatic carbocycles. The average molecular weight is 206 g/mol. The summed E-state index contributed by atoms with van der Waals surface area (Å²) >= 11 is 0. The second-order valence-electron chi connectivity index (χ2n) is 3.72. The van der Waals surface area contributed by atoms with E-state index in [1.54, 1.807) is 13.8 Å². The topological polar surface area (TPSA) is 71.4 Å². The number of sulfone groups is 1. The van der Waals surface area contributed by atoms with Crippen LogP contribution in [0.3, 0.4) is 0 Å². The second kappa shape index (κ2) is 3.29. The van der Waals surface area contributed by atoms with Gasteiger partial charge in [0.2, 0.25) is 0 Å². The maximum atomic E-state index is 11.5. The van der Waals surface area contributed by atoms with Crippen LogP contribution in [-0.4, -0.2) is 30.0 Å². The Hall–Kier alpha value is -0.580. The van der Waals surface area contributed by atoms with Crippen molar-refractivity contribution in [1.29, 1.82) is 0 Å². The normalized spacial score (nSPS) is 38.5. The van der Waals surface area contributed by atoms with Gasteiger partial charge in [0.25, 0.3) is 0 Å². The molecule has 5 heteroatoms. The smallest absolute Gasteiger partial charge is 0.306 e. The summed E-state index contributed by atoms with van der Waals surface area (Å²) < 4.78 is 23.0. The quantitative estimate of drug-likeness (QED) is 0.684. The van der Waals surface area contributed by atoms with Crippen LogP contribution in [-0.2, 0) is 14.6 Å². The summed E-state index contributed by atoms with van der Waals surface area (Å²) in [6.45, 7) is 3.17. The Kier molecular flexibility index (Phi) is 2.66. The molecule has 1 N–H and O–H groups in total. The van der Waals surface area contributed by atoms with Crippen LogP contribution >= 0.6 is 0 Å². The molecule has 76 valence electrons. The van der Waals surface area contributed by atoms with Gasteiger partial charge in [-0.3, -0.25) is 4.79 Å². The van der Waals surface area contributed by atoms with Crippen molar-refractivity contribution in [2.45, 2.75) is 37.2 Å². The van der Waals surface area contributed by atoms with Gasteiger partial charge in [-0.15, -0.1) is 0 Å². The van der Waals surface area contributed by atoms with Gasteiger partial charge in [-0.2, -0.15) is 0 Å². The van der Waals surface area contributed by atoms with Crippen molar-refractivity contribution in [2.75, 3.05) is 0 Å². The lowest BCUT2D eigenvalue weighted by atomic mass is 9.97. The third kappa shape index (κ3) is 1.85. The van der Waals surface area contributed by atoms with Crippen LogP contribution < -0.4 is 0 Å². The van der Waals surface area contributed by atoms with Crippen molar-refractivity contribution < 1.29 is 18.3 Å². The van der Waals surface area contributed by atoms with E-state index in [1.165, 1.54) is 0 Å². The number of rotatable bonds is 1. The molecule has 1 heterocycles. The molecule has 3 atom stereocenters. The van der Waals surface area contributed by atoms with Crippen LogP contribution in [0.25, 0.3) is 0 Å². The maximum Gasteiger partial charge on any atom is 0.306 e. The molecule has 1 saturated heterocycles. The number of carboxylic acid groups (broad SMARTS) is 1. The van der Waals surface area contributed by atoms with E-state index in [2.05, 4.69) is 0 Å². The lowest BCUT2D eigenvalue weighted by Gasteiger charge is -2.28. The molecule has 0 spiro atoms. The third-order valence-electron chi connectivity index (χ3n) is 2.70.